The van der Waals surface area contributed by atoms with Gasteiger partial charge in [-0.2, -0.15) is 0 Å². The van der Waals surface area contributed by atoms with E-state index in [-0.39, 0.29) is 0 Å². The average Bonchev–Trinajstić information content (AvgIpc) is 2.88. The van der Waals surface area contributed by atoms with E-state index in [0.717, 1.165) is 0 Å². The minimum Gasteiger partial charge on any atom is -0.299 e. The Bertz CT molecular complexity index is 559. The highest BCUT2D eigenvalue weighted by molar-refractivity contribution is 5.50. The van der Waals surface area contributed by atoms with Crippen LogP contribution < -0.4 is 0 Å². The van der Waals surface area contributed by atoms with Crippen molar-refractivity contribution in [2.75, 3.05) is 13.6 Å². The highest BCUT2D eigenvalue weighted by Gasteiger charge is 2.30. The van der Waals surface area contributed by atoms with E-state index < -0.39 is 0 Å². The lowest BCUT2D eigenvalue weighted by Crippen LogP contribution is -2.26. The minimum atomic E-state index is 0.498. The fourth-order valence-electron chi connectivity index (χ4n) is 3.09. The lowest BCUT2D eigenvalue weighted by Gasteiger charge is -2.22. The van der Waals surface area contributed by atoms with E-state index >= 15 is 0 Å². The first-order valence-corrected chi connectivity index (χ1v) is 7.33. The molecule has 3 rings (SSSR count). The molecule has 1 aliphatic heterocycles. The van der Waals surface area contributed by atoms with Gasteiger partial charge in [0, 0.05) is 12.0 Å². The largest absolute Gasteiger partial charge is 0.299 e. The zero-order chi connectivity index (χ0) is 13.8. The van der Waals surface area contributed by atoms with E-state index in [1.54, 1.807) is 0 Å². The lowest BCUT2D eigenvalue weighted by molar-refractivity contribution is 0.347. The predicted molar refractivity (Wildman–Crippen MR) is 85.7 cm³/mol. The van der Waals surface area contributed by atoms with Crippen LogP contribution >= 0.6 is 0 Å². The first kappa shape index (κ1) is 13.1. The number of rotatable bonds is 3. The standard InChI is InChI=1S/C19H21N/c1-20-15-14-18(17-10-6-3-7-11-17)19(20)13-12-16-8-4-2-5-9-16/h2-13,18-19H,14-15H2,1H3/t18-,19+/m0/s1. The summed E-state index contributed by atoms with van der Waals surface area (Å²) in [4.78, 5) is 2.46. The van der Waals surface area contributed by atoms with Crippen LogP contribution in [0.2, 0.25) is 0 Å². The molecule has 0 bridgehead atoms. The second-order valence-corrected chi connectivity index (χ2v) is 5.55. The fourth-order valence-corrected chi connectivity index (χ4v) is 3.09. The van der Waals surface area contributed by atoms with Gasteiger partial charge < -0.3 is 0 Å². The van der Waals surface area contributed by atoms with Gasteiger partial charge >= 0.3 is 0 Å². The maximum atomic E-state index is 2.46. The summed E-state index contributed by atoms with van der Waals surface area (Å²) >= 11 is 0. The Kier molecular flexibility index (Phi) is 3.98. The highest BCUT2D eigenvalue weighted by atomic mass is 15.1. The van der Waals surface area contributed by atoms with E-state index in [1.807, 2.05) is 0 Å². The second kappa shape index (κ2) is 6.06. The molecule has 1 saturated heterocycles. The molecule has 1 aliphatic rings. The maximum Gasteiger partial charge on any atom is 0.0347 e. The van der Waals surface area contributed by atoms with Crippen LogP contribution in [0, 0.1) is 0 Å². The summed E-state index contributed by atoms with van der Waals surface area (Å²) in [5, 5.41) is 0. The van der Waals surface area contributed by atoms with Crippen molar-refractivity contribution in [2.24, 2.45) is 0 Å². The summed E-state index contributed by atoms with van der Waals surface area (Å²) in [7, 11) is 2.23. The molecule has 2 aromatic rings. The number of likely N-dealkylation sites (N-methyl/N-ethyl adjacent to an activating group) is 1. The molecule has 0 N–H and O–H groups in total. The molecule has 0 saturated carbocycles. The van der Waals surface area contributed by atoms with Gasteiger partial charge in [0.05, 0.1) is 0 Å². The van der Waals surface area contributed by atoms with Gasteiger partial charge in [-0.25, -0.2) is 0 Å². The van der Waals surface area contributed by atoms with Crippen LogP contribution in [0.4, 0.5) is 0 Å². The van der Waals surface area contributed by atoms with Gasteiger partial charge in [0.25, 0.3) is 0 Å². The van der Waals surface area contributed by atoms with Crippen molar-refractivity contribution in [3.05, 3.63) is 77.9 Å². The third kappa shape index (κ3) is 2.83. The van der Waals surface area contributed by atoms with Crippen LogP contribution in [0.25, 0.3) is 6.08 Å². The summed E-state index contributed by atoms with van der Waals surface area (Å²) in [6.07, 6.45) is 5.85. The van der Waals surface area contributed by atoms with E-state index in [4.69, 9.17) is 0 Å². The molecule has 102 valence electrons. The zero-order valence-corrected chi connectivity index (χ0v) is 11.9. The first-order chi connectivity index (χ1) is 9.84. The summed E-state index contributed by atoms with van der Waals surface area (Å²) in [6, 6.07) is 21.9. The Balaban J connectivity index is 1.81. The van der Waals surface area contributed by atoms with Gasteiger partial charge in [-0.05, 0) is 31.1 Å². The SMILES string of the molecule is CN1CC[C@@H](c2ccccc2)[C@H]1C=Cc1ccccc1. The molecule has 0 unspecified atom stereocenters. The third-order valence-corrected chi connectivity index (χ3v) is 4.23. The Morgan fingerprint density at radius 3 is 2.30 bits per heavy atom. The van der Waals surface area contributed by atoms with Gasteiger partial charge in [0.15, 0.2) is 0 Å². The molecule has 1 heteroatoms. The van der Waals surface area contributed by atoms with Gasteiger partial charge in [0.1, 0.15) is 0 Å². The van der Waals surface area contributed by atoms with Crippen molar-refractivity contribution in [3.63, 3.8) is 0 Å². The molecule has 1 nitrogen and oxygen atoms in total. The summed E-state index contributed by atoms with van der Waals surface area (Å²) < 4.78 is 0. The second-order valence-electron chi connectivity index (χ2n) is 5.55. The van der Waals surface area contributed by atoms with E-state index in [1.165, 1.54) is 24.1 Å². The summed E-state index contributed by atoms with van der Waals surface area (Å²) in [5.41, 5.74) is 2.74. The number of nitrogens with zero attached hydrogens (tertiary/aromatic N) is 1. The van der Waals surface area contributed by atoms with E-state index in [9.17, 15) is 0 Å². The van der Waals surface area contributed by atoms with E-state index in [2.05, 4.69) is 84.8 Å². The molecule has 20 heavy (non-hydrogen) atoms. The average molecular weight is 263 g/mol. The van der Waals surface area contributed by atoms with Crippen molar-refractivity contribution < 1.29 is 0 Å². The van der Waals surface area contributed by atoms with Crippen molar-refractivity contribution in [1.82, 2.24) is 4.90 Å². The predicted octanol–water partition coefficient (Wildman–Crippen LogP) is 4.19. The molecular weight excluding hydrogens is 242 g/mol. The molecule has 1 heterocycles. The highest BCUT2D eigenvalue weighted by Crippen LogP contribution is 2.33. The Morgan fingerprint density at radius 1 is 0.950 bits per heavy atom. The smallest absolute Gasteiger partial charge is 0.0347 e. The van der Waals surface area contributed by atoms with Crippen LogP contribution in [0.15, 0.2) is 66.7 Å². The first-order valence-electron chi connectivity index (χ1n) is 7.33. The van der Waals surface area contributed by atoms with Crippen molar-refractivity contribution >= 4 is 6.08 Å². The zero-order valence-electron chi connectivity index (χ0n) is 11.9. The van der Waals surface area contributed by atoms with Crippen molar-refractivity contribution in [2.45, 2.75) is 18.4 Å². The monoisotopic (exact) mass is 263 g/mol. The Morgan fingerprint density at radius 2 is 1.60 bits per heavy atom. The summed E-state index contributed by atoms with van der Waals surface area (Å²) in [5.74, 6) is 0.612. The normalized spacial score (nSPS) is 23.4. The topological polar surface area (TPSA) is 3.24 Å². The lowest BCUT2D eigenvalue weighted by atomic mass is 9.91. The third-order valence-electron chi connectivity index (χ3n) is 4.23. The van der Waals surface area contributed by atoms with Crippen LogP contribution in [0.5, 0.6) is 0 Å². The maximum absolute atomic E-state index is 2.46. The van der Waals surface area contributed by atoms with E-state index in [0.29, 0.717) is 12.0 Å². The van der Waals surface area contributed by atoms with Crippen molar-refractivity contribution in [3.8, 4) is 0 Å². The molecule has 0 aromatic heterocycles. The molecule has 1 fully saturated rings. The summed E-state index contributed by atoms with van der Waals surface area (Å²) in [6.45, 7) is 1.17. The quantitative estimate of drug-likeness (QED) is 0.802. The number of hydrogen-bond acceptors (Lipinski definition) is 1. The van der Waals surface area contributed by atoms with Crippen molar-refractivity contribution in [1.29, 1.82) is 0 Å². The minimum absolute atomic E-state index is 0.498. The van der Waals surface area contributed by atoms with Gasteiger partial charge in [-0.15, -0.1) is 0 Å². The molecule has 2 atom stereocenters. The van der Waals surface area contributed by atoms with Crippen LogP contribution in [-0.4, -0.2) is 24.5 Å². The van der Waals surface area contributed by atoms with Crippen LogP contribution in [0.1, 0.15) is 23.5 Å². The Hall–Kier alpha value is -1.86. The molecule has 0 radical (unpaired) electrons. The number of likely N-dealkylation sites (tertiary alicyclic amines) is 1. The molecule has 0 aliphatic carbocycles. The number of benzene rings is 2. The molecule has 0 spiro atoms. The fraction of sp³-hybridized carbons (Fsp3) is 0.263. The molecular formula is C19H21N. The Labute approximate surface area is 121 Å². The van der Waals surface area contributed by atoms with Crippen LogP contribution in [0.3, 0.4) is 0 Å². The van der Waals surface area contributed by atoms with Gasteiger partial charge in [-0.1, -0.05) is 72.8 Å². The van der Waals surface area contributed by atoms with Crippen LogP contribution in [-0.2, 0) is 0 Å². The number of hydrogen-bond donors (Lipinski definition) is 0. The van der Waals surface area contributed by atoms with Gasteiger partial charge in [-0.3, -0.25) is 4.90 Å². The molecule has 2 aromatic carbocycles. The van der Waals surface area contributed by atoms with Gasteiger partial charge in [0.2, 0.25) is 0 Å². The molecule has 0 amide bonds.